The van der Waals surface area contributed by atoms with Gasteiger partial charge in [-0.1, -0.05) is 24.3 Å². The number of rotatable bonds is 9. The van der Waals surface area contributed by atoms with Gasteiger partial charge in [0.2, 0.25) is 0 Å². The van der Waals surface area contributed by atoms with Crippen LogP contribution in [0.2, 0.25) is 0 Å². The molecule has 0 spiro atoms. The van der Waals surface area contributed by atoms with Crippen molar-refractivity contribution in [3.05, 3.63) is 97.1 Å². The molecule has 0 aromatic heterocycles. The molecule has 2 N–H and O–H groups in total. The van der Waals surface area contributed by atoms with Gasteiger partial charge in [0.25, 0.3) is 20.0 Å². The number of methoxy groups -OCH3 is 2. The van der Waals surface area contributed by atoms with E-state index in [1.54, 1.807) is 72.8 Å². The molecule has 0 fully saturated rings. The number of hydrogen-bond acceptors (Lipinski definition) is 6. The molecular weight excluding hydrogens is 500 g/mol. The van der Waals surface area contributed by atoms with Crippen molar-refractivity contribution in [3.63, 3.8) is 0 Å². The van der Waals surface area contributed by atoms with Gasteiger partial charge in [-0.3, -0.25) is 9.44 Å². The Bertz CT molecular complexity index is 1410. The van der Waals surface area contributed by atoms with Crippen molar-refractivity contribution in [1.82, 2.24) is 0 Å². The van der Waals surface area contributed by atoms with Gasteiger partial charge in [0.05, 0.1) is 24.0 Å². The molecule has 4 aromatic rings. The standard InChI is InChI=1S/C26H24N2O6S2/c1-33-23-11-7-21(8-12-23)27-35(29,30)25-15-3-19(4-16-25)20-5-17-26(18-6-20)36(31,32)28-22-9-13-24(34-2)14-10-22/h3-18,27-28H,1-2H3. The van der Waals surface area contributed by atoms with Crippen LogP contribution in [0, 0.1) is 0 Å². The van der Waals surface area contributed by atoms with Crippen molar-refractivity contribution in [2.45, 2.75) is 9.79 Å². The minimum atomic E-state index is -3.78. The van der Waals surface area contributed by atoms with Gasteiger partial charge in [0, 0.05) is 11.4 Å². The van der Waals surface area contributed by atoms with E-state index in [1.165, 1.54) is 38.5 Å². The molecule has 0 unspecified atom stereocenters. The highest BCUT2D eigenvalue weighted by Crippen LogP contribution is 2.26. The van der Waals surface area contributed by atoms with Crippen LogP contribution in [0.3, 0.4) is 0 Å². The second-order valence-corrected chi connectivity index (χ2v) is 11.1. The lowest BCUT2D eigenvalue weighted by Gasteiger charge is -2.11. The third kappa shape index (κ3) is 5.78. The summed E-state index contributed by atoms with van der Waals surface area (Å²) < 4.78 is 66.1. The van der Waals surface area contributed by atoms with Crippen LogP contribution >= 0.6 is 0 Å². The van der Waals surface area contributed by atoms with Crippen LogP contribution in [0.25, 0.3) is 11.1 Å². The van der Waals surface area contributed by atoms with Gasteiger partial charge in [-0.15, -0.1) is 0 Å². The van der Waals surface area contributed by atoms with Gasteiger partial charge in [-0.05, 0) is 83.9 Å². The van der Waals surface area contributed by atoms with E-state index in [1.807, 2.05) is 0 Å². The van der Waals surface area contributed by atoms with Crippen LogP contribution < -0.4 is 18.9 Å². The monoisotopic (exact) mass is 524 g/mol. The summed E-state index contributed by atoms with van der Waals surface area (Å²) in [6.07, 6.45) is 0. The SMILES string of the molecule is COc1ccc(NS(=O)(=O)c2ccc(-c3ccc(S(=O)(=O)Nc4ccc(OC)cc4)cc3)cc2)cc1. The molecular formula is C26H24N2O6S2. The lowest BCUT2D eigenvalue weighted by Crippen LogP contribution is -2.13. The van der Waals surface area contributed by atoms with E-state index < -0.39 is 20.0 Å². The Kier molecular flexibility index (Phi) is 7.18. The van der Waals surface area contributed by atoms with Crippen molar-refractivity contribution in [2.24, 2.45) is 0 Å². The molecule has 10 heteroatoms. The Morgan fingerprint density at radius 1 is 0.472 bits per heavy atom. The average Bonchev–Trinajstić information content (AvgIpc) is 2.89. The molecule has 0 radical (unpaired) electrons. The van der Waals surface area contributed by atoms with Crippen LogP contribution in [0.4, 0.5) is 11.4 Å². The summed E-state index contributed by atoms with van der Waals surface area (Å²) in [6, 6.07) is 25.8. The Labute approximate surface area is 210 Å². The Hall–Kier alpha value is -4.02. The zero-order valence-corrected chi connectivity index (χ0v) is 21.1. The fraction of sp³-hybridized carbons (Fsp3) is 0.0769. The van der Waals surface area contributed by atoms with E-state index in [9.17, 15) is 16.8 Å². The maximum atomic E-state index is 12.7. The van der Waals surface area contributed by atoms with Crippen molar-refractivity contribution in [3.8, 4) is 22.6 Å². The first kappa shape index (κ1) is 25.1. The van der Waals surface area contributed by atoms with Crippen molar-refractivity contribution < 1.29 is 26.3 Å². The summed E-state index contributed by atoms with van der Waals surface area (Å²) in [4.78, 5) is 0.204. The number of sulfonamides is 2. The van der Waals surface area contributed by atoms with Gasteiger partial charge < -0.3 is 9.47 Å². The summed E-state index contributed by atoms with van der Waals surface area (Å²) in [5.74, 6) is 1.25. The van der Waals surface area contributed by atoms with Gasteiger partial charge in [0.1, 0.15) is 11.5 Å². The molecule has 0 atom stereocenters. The minimum Gasteiger partial charge on any atom is -0.497 e. The summed E-state index contributed by atoms with van der Waals surface area (Å²) in [5.41, 5.74) is 2.32. The number of hydrogen-bond donors (Lipinski definition) is 2. The zero-order chi connectivity index (χ0) is 25.8. The molecule has 0 aliphatic rings. The zero-order valence-electron chi connectivity index (χ0n) is 19.5. The second kappa shape index (κ2) is 10.3. The predicted octanol–water partition coefficient (Wildman–Crippen LogP) is 4.97. The topological polar surface area (TPSA) is 111 Å². The highest BCUT2D eigenvalue weighted by atomic mass is 32.2. The number of nitrogens with one attached hydrogen (secondary N) is 2. The molecule has 0 aliphatic carbocycles. The number of anilines is 2. The fourth-order valence-corrected chi connectivity index (χ4v) is 5.52. The van der Waals surface area contributed by atoms with Gasteiger partial charge in [-0.25, -0.2) is 16.8 Å². The van der Waals surface area contributed by atoms with Crippen LogP contribution in [0.5, 0.6) is 11.5 Å². The van der Waals surface area contributed by atoms with Crippen LogP contribution in [0.1, 0.15) is 0 Å². The molecule has 0 heterocycles. The molecule has 0 aliphatic heterocycles. The molecule has 4 rings (SSSR count). The fourth-order valence-electron chi connectivity index (χ4n) is 3.40. The van der Waals surface area contributed by atoms with E-state index in [0.717, 1.165) is 11.1 Å². The lowest BCUT2D eigenvalue weighted by molar-refractivity contribution is 0.415. The molecule has 0 saturated heterocycles. The summed E-state index contributed by atoms with van der Waals surface area (Å²) in [7, 11) is -4.49. The minimum absolute atomic E-state index is 0.102. The Balaban J connectivity index is 1.47. The molecule has 4 aromatic carbocycles. The molecule has 8 nitrogen and oxygen atoms in total. The Morgan fingerprint density at radius 2 is 0.778 bits per heavy atom. The summed E-state index contributed by atoms with van der Waals surface area (Å²) in [5, 5.41) is 0. The quantitative estimate of drug-likeness (QED) is 0.320. The Morgan fingerprint density at radius 3 is 1.06 bits per heavy atom. The molecule has 0 bridgehead atoms. The van der Waals surface area contributed by atoms with Crippen molar-refractivity contribution in [1.29, 1.82) is 0 Å². The summed E-state index contributed by atoms with van der Waals surface area (Å²) >= 11 is 0. The highest BCUT2D eigenvalue weighted by molar-refractivity contribution is 7.93. The first-order valence-corrected chi connectivity index (χ1v) is 13.7. The summed E-state index contributed by atoms with van der Waals surface area (Å²) in [6.45, 7) is 0. The van der Waals surface area contributed by atoms with Gasteiger partial charge in [-0.2, -0.15) is 0 Å². The van der Waals surface area contributed by atoms with Gasteiger partial charge in [0.15, 0.2) is 0 Å². The lowest BCUT2D eigenvalue weighted by atomic mass is 10.1. The van der Waals surface area contributed by atoms with Crippen LogP contribution in [-0.2, 0) is 20.0 Å². The van der Waals surface area contributed by atoms with E-state index in [-0.39, 0.29) is 9.79 Å². The predicted molar refractivity (Wildman–Crippen MR) is 139 cm³/mol. The first-order valence-electron chi connectivity index (χ1n) is 10.7. The number of ether oxygens (including phenoxy) is 2. The highest BCUT2D eigenvalue weighted by Gasteiger charge is 2.16. The van der Waals surface area contributed by atoms with Gasteiger partial charge >= 0.3 is 0 Å². The smallest absolute Gasteiger partial charge is 0.261 e. The third-order valence-corrected chi connectivity index (χ3v) is 8.14. The largest absolute Gasteiger partial charge is 0.497 e. The van der Waals surface area contributed by atoms with Crippen molar-refractivity contribution in [2.75, 3.05) is 23.7 Å². The van der Waals surface area contributed by atoms with E-state index in [4.69, 9.17) is 9.47 Å². The molecule has 0 amide bonds. The van der Waals surface area contributed by atoms with Crippen LogP contribution in [-0.4, -0.2) is 31.1 Å². The average molecular weight is 525 g/mol. The van der Waals surface area contributed by atoms with Crippen LogP contribution in [0.15, 0.2) is 107 Å². The maximum absolute atomic E-state index is 12.7. The molecule has 36 heavy (non-hydrogen) atoms. The van der Waals surface area contributed by atoms with E-state index in [2.05, 4.69) is 9.44 Å². The third-order valence-electron chi connectivity index (χ3n) is 5.35. The number of benzene rings is 4. The molecule has 186 valence electrons. The molecule has 0 saturated carbocycles. The van der Waals surface area contributed by atoms with Crippen molar-refractivity contribution >= 4 is 31.4 Å². The van der Waals surface area contributed by atoms with E-state index in [0.29, 0.717) is 22.9 Å². The first-order chi connectivity index (χ1) is 17.2. The maximum Gasteiger partial charge on any atom is 0.261 e. The van der Waals surface area contributed by atoms with E-state index >= 15 is 0 Å². The second-order valence-electron chi connectivity index (χ2n) is 7.72. The normalized spacial score (nSPS) is 11.5.